The molecule has 112 valence electrons. The summed E-state index contributed by atoms with van der Waals surface area (Å²) < 4.78 is 10.7. The first kappa shape index (κ1) is 16.1. The van der Waals surface area contributed by atoms with Gasteiger partial charge in [0.05, 0.1) is 11.5 Å². The fourth-order valence-electron chi connectivity index (χ4n) is 1.45. The van der Waals surface area contributed by atoms with E-state index in [1.807, 2.05) is 20.8 Å². The van der Waals surface area contributed by atoms with E-state index in [-0.39, 0.29) is 24.0 Å². The molecule has 0 aromatic carbocycles. The zero-order valence-corrected chi connectivity index (χ0v) is 12.0. The summed E-state index contributed by atoms with van der Waals surface area (Å²) in [4.78, 5) is 18.2. The molecule has 0 saturated heterocycles. The second-order valence-corrected chi connectivity index (χ2v) is 4.48. The Balaban J connectivity index is 2.64. The summed E-state index contributed by atoms with van der Waals surface area (Å²) in [5.41, 5.74) is -0.252. The summed E-state index contributed by atoms with van der Waals surface area (Å²) in [6.07, 6.45) is 1.23. The maximum atomic E-state index is 11.1. The molecule has 1 N–H and O–H groups in total. The van der Waals surface area contributed by atoms with Crippen LogP contribution in [0, 0.1) is 16.0 Å². The number of ether oxygens (including phenoxy) is 2. The second-order valence-electron chi connectivity index (χ2n) is 4.48. The molecule has 0 fully saturated rings. The highest BCUT2D eigenvalue weighted by molar-refractivity contribution is 5.60. The first-order chi connectivity index (χ1) is 9.56. The zero-order valence-electron chi connectivity index (χ0n) is 12.0. The van der Waals surface area contributed by atoms with Crippen LogP contribution in [0.3, 0.4) is 0 Å². The number of hydrogen-bond donors (Lipinski definition) is 1. The molecular weight excluding hydrogens is 264 g/mol. The summed E-state index contributed by atoms with van der Waals surface area (Å²) in [6.45, 7) is 7.61. The lowest BCUT2D eigenvalue weighted by atomic mass is 10.2. The van der Waals surface area contributed by atoms with E-state index in [0.717, 1.165) is 0 Å². The van der Waals surface area contributed by atoms with Crippen LogP contribution in [0.2, 0.25) is 0 Å². The van der Waals surface area contributed by atoms with Gasteiger partial charge in [0.25, 0.3) is 5.88 Å². The number of aromatic nitrogens is 2. The first-order valence-corrected chi connectivity index (χ1v) is 6.50. The third kappa shape index (κ3) is 4.96. The van der Waals surface area contributed by atoms with Gasteiger partial charge in [0.1, 0.15) is 12.9 Å². The number of nitrogens with one attached hydrogen (secondary N) is 1. The Kier molecular flexibility index (Phi) is 6.65. The maximum Gasteiger partial charge on any atom is 0.372 e. The van der Waals surface area contributed by atoms with Gasteiger partial charge in [-0.3, -0.25) is 10.1 Å². The molecule has 1 rings (SSSR count). The quantitative estimate of drug-likeness (QED) is 0.419. The van der Waals surface area contributed by atoms with Crippen molar-refractivity contribution in [3.63, 3.8) is 0 Å². The van der Waals surface area contributed by atoms with Crippen LogP contribution in [-0.4, -0.2) is 41.3 Å². The Hall–Kier alpha value is -1.96. The smallest absolute Gasteiger partial charge is 0.372 e. The zero-order chi connectivity index (χ0) is 15.0. The number of rotatable bonds is 9. The van der Waals surface area contributed by atoms with E-state index in [4.69, 9.17) is 9.47 Å². The summed E-state index contributed by atoms with van der Waals surface area (Å²) >= 11 is 0. The molecule has 0 spiro atoms. The van der Waals surface area contributed by atoms with E-state index in [1.165, 1.54) is 6.33 Å². The van der Waals surface area contributed by atoms with Crippen molar-refractivity contribution in [1.82, 2.24) is 9.97 Å². The highest BCUT2D eigenvalue weighted by Crippen LogP contribution is 2.30. The summed E-state index contributed by atoms with van der Waals surface area (Å²) in [5, 5.41) is 13.9. The topological polar surface area (TPSA) is 99.4 Å². The van der Waals surface area contributed by atoms with E-state index >= 15 is 0 Å². The lowest BCUT2D eigenvalue weighted by Gasteiger charge is -2.09. The Morgan fingerprint density at radius 1 is 1.40 bits per heavy atom. The molecule has 0 aliphatic heterocycles. The molecule has 0 aliphatic rings. The van der Waals surface area contributed by atoms with Crippen LogP contribution in [0.5, 0.6) is 5.88 Å². The van der Waals surface area contributed by atoms with Gasteiger partial charge in [-0.25, -0.2) is 4.98 Å². The molecule has 0 atom stereocenters. The molecule has 0 amide bonds. The van der Waals surface area contributed by atoms with E-state index in [9.17, 15) is 10.1 Å². The van der Waals surface area contributed by atoms with E-state index in [1.54, 1.807) is 0 Å². The molecule has 0 saturated carbocycles. The SMILES string of the molecule is CCNc1ncnc(OCCOCC(C)C)c1[N+](=O)[O-]. The minimum Gasteiger partial charge on any atom is -0.470 e. The van der Waals surface area contributed by atoms with Crippen LogP contribution in [0.15, 0.2) is 6.33 Å². The Bertz CT molecular complexity index is 439. The molecular formula is C12H20N4O4. The average Bonchev–Trinajstić information content (AvgIpc) is 2.38. The number of anilines is 1. The van der Waals surface area contributed by atoms with Gasteiger partial charge in [0, 0.05) is 13.2 Å². The van der Waals surface area contributed by atoms with E-state index in [0.29, 0.717) is 25.7 Å². The third-order valence-corrected chi connectivity index (χ3v) is 2.23. The van der Waals surface area contributed by atoms with Crippen molar-refractivity contribution in [3.05, 3.63) is 16.4 Å². The van der Waals surface area contributed by atoms with Gasteiger partial charge in [0.15, 0.2) is 0 Å². The van der Waals surface area contributed by atoms with Crippen molar-refractivity contribution in [2.45, 2.75) is 20.8 Å². The van der Waals surface area contributed by atoms with Crippen molar-refractivity contribution >= 4 is 11.5 Å². The standard InChI is InChI=1S/C12H20N4O4/c1-4-13-11-10(16(17)18)12(15-8-14-11)20-6-5-19-7-9(2)3/h8-9H,4-7H2,1-3H3,(H,13,14,15). The molecule has 1 aromatic heterocycles. The molecule has 0 bridgehead atoms. The Morgan fingerprint density at radius 2 is 2.15 bits per heavy atom. The van der Waals surface area contributed by atoms with Crippen molar-refractivity contribution in [3.8, 4) is 5.88 Å². The first-order valence-electron chi connectivity index (χ1n) is 6.50. The molecule has 8 heteroatoms. The predicted octanol–water partition coefficient (Wildman–Crippen LogP) is 1.87. The van der Waals surface area contributed by atoms with Crippen LogP contribution in [0.1, 0.15) is 20.8 Å². The predicted molar refractivity (Wildman–Crippen MR) is 74.0 cm³/mol. The van der Waals surface area contributed by atoms with Gasteiger partial charge in [-0.15, -0.1) is 0 Å². The normalized spacial score (nSPS) is 10.6. The van der Waals surface area contributed by atoms with Gasteiger partial charge in [-0.05, 0) is 12.8 Å². The molecule has 8 nitrogen and oxygen atoms in total. The minimum absolute atomic E-state index is 0.0471. The van der Waals surface area contributed by atoms with Gasteiger partial charge >= 0.3 is 5.69 Å². The Morgan fingerprint density at radius 3 is 2.75 bits per heavy atom. The van der Waals surface area contributed by atoms with Crippen LogP contribution in [-0.2, 0) is 4.74 Å². The van der Waals surface area contributed by atoms with Gasteiger partial charge in [-0.1, -0.05) is 13.8 Å². The van der Waals surface area contributed by atoms with Crippen LogP contribution >= 0.6 is 0 Å². The molecule has 0 aliphatic carbocycles. The van der Waals surface area contributed by atoms with Gasteiger partial charge in [-0.2, -0.15) is 4.98 Å². The van der Waals surface area contributed by atoms with E-state index < -0.39 is 4.92 Å². The molecule has 1 heterocycles. The number of hydrogen-bond acceptors (Lipinski definition) is 7. The highest BCUT2D eigenvalue weighted by Gasteiger charge is 2.23. The van der Waals surface area contributed by atoms with Gasteiger partial charge < -0.3 is 14.8 Å². The van der Waals surface area contributed by atoms with Crippen LogP contribution < -0.4 is 10.1 Å². The highest BCUT2D eigenvalue weighted by atomic mass is 16.6. The van der Waals surface area contributed by atoms with Crippen molar-refractivity contribution in [2.24, 2.45) is 5.92 Å². The average molecular weight is 284 g/mol. The van der Waals surface area contributed by atoms with Crippen LogP contribution in [0.4, 0.5) is 11.5 Å². The fraction of sp³-hybridized carbons (Fsp3) is 0.667. The van der Waals surface area contributed by atoms with E-state index in [2.05, 4.69) is 15.3 Å². The van der Waals surface area contributed by atoms with Crippen molar-refractivity contribution < 1.29 is 14.4 Å². The minimum atomic E-state index is -0.553. The number of nitrogens with zero attached hydrogens (tertiary/aromatic N) is 3. The third-order valence-electron chi connectivity index (χ3n) is 2.23. The van der Waals surface area contributed by atoms with Gasteiger partial charge in [0.2, 0.25) is 5.82 Å². The lowest BCUT2D eigenvalue weighted by Crippen LogP contribution is -2.12. The summed E-state index contributed by atoms with van der Waals surface area (Å²) in [6, 6.07) is 0. The Labute approximate surface area is 117 Å². The van der Waals surface area contributed by atoms with Crippen LogP contribution in [0.25, 0.3) is 0 Å². The fourth-order valence-corrected chi connectivity index (χ4v) is 1.45. The molecule has 0 unspecified atom stereocenters. The lowest BCUT2D eigenvalue weighted by molar-refractivity contribution is -0.385. The van der Waals surface area contributed by atoms with Crippen molar-refractivity contribution in [2.75, 3.05) is 31.7 Å². The molecule has 20 heavy (non-hydrogen) atoms. The van der Waals surface area contributed by atoms with Crippen molar-refractivity contribution in [1.29, 1.82) is 0 Å². The summed E-state index contributed by atoms with van der Waals surface area (Å²) in [5.74, 6) is 0.545. The second kappa shape index (κ2) is 8.26. The number of nitro groups is 1. The monoisotopic (exact) mass is 284 g/mol. The maximum absolute atomic E-state index is 11.1. The largest absolute Gasteiger partial charge is 0.470 e. The summed E-state index contributed by atoms with van der Waals surface area (Å²) in [7, 11) is 0. The molecule has 0 radical (unpaired) electrons. The molecule has 1 aromatic rings.